The molecule has 1 aliphatic carbocycles. The van der Waals surface area contributed by atoms with Gasteiger partial charge in [0.2, 0.25) is 6.10 Å². The second-order valence-electron chi connectivity index (χ2n) is 6.05. The first-order valence-electron chi connectivity index (χ1n) is 8.24. The van der Waals surface area contributed by atoms with Gasteiger partial charge in [0.05, 0.1) is 5.56 Å². The second-order valence-corrected chi connectivity index (χ2v) is 7.19. The van der Waals surface area contributed by atoms with E-state index in [9.17, 15) is 22.8 Å². The van der Waals surface area contributed by atoms with Crippen LogP contribution in [0.2, 0.25) is 0 Å². The Bertz CT molecular complexity index is 805. The predicted octanol–water partition coefficient (Wildman–Crippen LogP) is 4.48. The summed E-state index contributed by atoms with van der Waals surface area (Å²) in [5.74, 6) is -1.19. The van der Waals surface area contributed by atoms with E-state index >= 15 is 0 Å². The largest absolute Gasteiger partial charge is 0.446 e. The van der Waals surface area contributed by atoms with Gasteiger partial charge in [0.15, 0.2) is 0 Å². The molecule has 1 N–H and O–H groups in total. The van der Waals surface area contributed by atoms with Crippen LogP contribution in [-0.4, -0.2) is 23.4 Å². The summed E-state index contributed by atoms with van der Waals surface area (Å²) in [6, 6.07) is 13.6. The summed E-state index contributed by atoms with van der Waals surface area (Å²) in [5.41, 5.74) is -3.81. The molecule has 4 nitrogen and oxygen atoms in total. The third-order valence-corrected chi connectivity index (χ3v) is 4.55. The van der Waals surface area contributed by atoms with Crippen LogP contribution in [0, 0.1) is 0 Å². The molecular formula is C19H16F3NO3S. The Morgan fingerprint density at radius 3 is 2.22 bits per heavy atom. The molecule has 1 amide bonds. The molecule has 0 radical (unpaired) electrons. The van der Waals surface area contributed by atoms with Gasteiger partial charge in [-0.25, -0.2) is 4.79 Å². The van der Waals surface area contributed by atoms with Crippen molar-refractivity contribution in [3.05, 3.63) is 65.7 Å². The number of hydrogen-bond donors (Lipinski definition) is 1. The van der Waals surface area contributed by atoms with Crippen LogP contribution < -0.4 is 5.32 Å². The summed E-state index contributed by atoms with van der Waals surface area (Å²) in [7, 11) is 0. The van der Waals surface area contributed by atoms with Gasteiger partial charge in [0.25, 0.3) is 5.91 Å². The molecule has 2 aromatic carbocycles. The van der Waals surface area contributed by atoms with Crippen molar-refractivity contribution in [2.24, 2.45) is 0 Å². The van der Waals surface area contributed by atoms with Crippen LogP contribution in [0.4, 0.5) is 13.2 Å². The highest BCUT2D eigenvalue weighted by Crippen LogP contribution is 2.36. The smallest absolute Gasteiger partial charge is 0.444 e. The van der Waals surface area contributed by atoms with Gasteiger partial charge in [-0.1, -0.05) is 30.3 Å². The second kappa shape index (κ2) is 8.04. The monoisotopic (exact) mass is 395 g/mol. The summed E-state index contributed by atoms with van der Waals surface area (Å²) in [4.78, 5) is 24.8. The Morgan fingerprint density at radius 1 is 1.04 bits per heavy atom. The fourth-order valence-corrected chi connectivity index (χ4v) is 2.91. The molecule has 0 spiro atoms. The third-order valence-electron chi connectivity index (χ3n) is 3.81. The SMILES string of the molecule is O=C(OC(C(=O)NC1CC1)c1ccccc1)c1ccc(SC(F)(F)F)cc1. The average molecular weight is 395 g/mol. The van der Waals surface area contributed by atoms with E-state index in [0.717, 1.165) is 12.8 Å². The maximum atomic E-state index is 12.5. The van der Waals surface area contributed by atoms with Crippen molar-refractivity contribution in [1.29, 1.82) is 0 Å². The van der Waals surface area contributed by atoms with E-state index in [1.54, 1.807) is 30.3 Å². The van der Waals surface area contributed by atoms with Gasteiger partial charge in [0.1, 0.15) is 0 Å². The number of alkyl halides is 3. The normalized spacial score (nSPS) is 15.1. The highest BCUT2D eigenvalue weighted by atomic mass is 32.2. The number of esters is 1. The topological polar surface area (TPSA) is 55.4 Å². The first-order chi connectivity index (χ1) is 12.8. The van der Waals surface area contributed by atoms with Crippen molar-refractivity contribution in [1.82, 2.24) is 5.32 Å². The van der Waals surface area contributed by atoms with E-state index in [1.807, 2.05) is 0 Å². The molecule has 1 aliphatic rings. The molecule has 27 heavy (non-hydrogen) atoms. The summed E-state index contributed by atoms with van der Waals surface area (Å²) < 4.78 is 42.5. The van der Waals surface area contributed by atoms with E-state index in [1.165, 1.54) is 24.3 Å². The third kappa shape index (κ3) is 5.75. The summed E-state index contributed by atoms with van der Waals surface area (Å²) in [6.07, 6.45) is 0.655. The highest BCUT2D eigenvalue weighted by Gasteiger charge is 2.31. The fourth-order valence-electron chi connectivity index (χ4n) is 2.37. The van der Waals surface area contributed by atoms with E-state index in [0.29, 0.717) is 5.56 Å². The van der Waals surface area contributed by atoms with Crippen LogP contribution in [0.15, 0.2) is 59.5 Å². The number of amides is 1. The average Bonchev–Trinajstić information content (AvgIpc) is 3.43. The lowest BCUT2D eigenvalue weighted by molar-refractivity contribution is -0.130. The fraction of sp³-hybridized carbons (Fsp3) is 0.263. The van der Waals surface area contributed by atoms with Crippen molar-refractivity contribution in [3.63, 3.8) is 0 Å². The maximum absolute atomic E-state index is 12.5. The van der Waals surface area contributed by atoms with Crippen LogP contribution in [0.3, 0.4) is 0 Å². The number of benzene rings is 2. The predicted molar refractivity (Wildman–Crippen MR) is 94.1 cm³/mol. The molecule has 1 fully saturated rings. The van der Waals surface area contributed by atoms with E-state index in [2.05, 4.69) is 5.32 Å². The summed E-state index contributed by atoms with van der Waals surface area (Å²) in [5, 5.41) is 2.80. The number of halogens is 3. The summed E-state index contributed by atoms with van der Waals surface area (Å²) in [6.45, 7) is 0. The van der Waals surface area contributed by atoms with Crippen LogP contribution >= 0.6 is 11.8 Å². The Kier molecular flexibility index (Phi) is 5.74. The van der Waals surface area contributed by atoms with Crippen molar-refractivity contribution in [2.75, 3.05) is 0 Å². The Labute approximate surface area is 158 Å². The highest BCUT2D eigenvalue weighted by molar-refractivity contribution is 8.00. The Morgan fingerprint density at radius 2 is 1.67 bits per heavy atom. The van der Waals surface area contributed by atoms with Crippen LogP contribution in [0.25, 0.3) is 0 Å². The van der Waals surface area contributed by atoms with Crippen molar-refractivity contribution in [2.45, 2.75) is 35.4 Å². The molecule has 1 saturated carbocycles. The number of hydrogen-bond acceptors (Lipinski definition) is 4. The van der Waals surface area contributed by atoms with Crippen LogP contribution in [0.1, 0.15) is 34.9 Å². The molecule has 1 atom stereocenters. The quantitative estimate of drug-likeness (QED) is 0.579. The molecule has 0 heterocycles. The standard InChI is InChI=1S/C19H16F3NO3S/c20-19(21,22)27-15-10-6-13(7-11-15)18(25)26-16(12-4-2-1-3-5-12)17(24)23-14-8-9-14/h1-7,10-11,14,16H,8-9H2,(H,23,24). The minimum atomic E-state index is -4.40. The molecular weight excluding hydrogens is 379 g/mol. The zero-order chi connectivity index (χ0) is 19.4. The molecule has 142 valence electrons. The van der Waals surface area contributed by atoms with Gasteiger partial charge < -0.3 is 10.1 Å². The zero-order valence-electron chi connectivity index (χ0n) is 14.0. The van der Waals surface area contributed by atoms with Gasteiger partial charge >= 0.3 is 11.5 Å². The number of carbonyl (C=O) groups excluding carboxylic acids is 2. The van der Waals surface area contributed by atoms with E-state index in [-0.39, 0.29) is 28.3 Å². The summed E-state index contributed by atoms with van der Waals surface area (Å²) >= 11 is -0.266. The zero-order valence-corrected chi connectivity index (χ0v) is 14.8. The molecule has 0 saturated heterocycles. The van der Waals surface area contributed by atoms with Crippen molar-refractivity contribution in [3.8, 4) is 0 Å². The minimum Gasteiger partial charge on any atom is -0.444 e. The first-order valence-corrected chi connectivity index (χ1v) is 9.05. The number of ether oxygens (including phenoxy) is 1. The van der Waals surface area contributed by atoms with E-state index in [4.69, 9.17) is 4.74 Å². The number of rotatable bonds is 6. The molecule has 8 heteroatoms. The van der Waals surface area contributed by atoms with E-state index < -0.39 is 23.5 Å². The molecule has 3 rings (SSSR count). The van der Waals surface area contributed by atoms with Crippen molar-refractivity contribution < 1.29 is 27.5 Å². The number of nitrogens with one attached hydrogen (secondary N) is 1. The van der Waals surface area contributed by atoms with Crippen LogP contribution in [-0.2, 0) is 9.53 Å². The van der Waals surface area contributed by atoms with Gasteiger partial charge in [-0.05, 0) is 48.9 Å². The molecule has 1 unspecified atom stereocenters. The lowest BCUT2D eigenvalue weighted by Gasteiger charge is -2.18. The lowest BCUT2D eigenvalue weighted by atomic mass is 10.1. The molecule has 2 aromatic rings. The Hall–Kier alpha value is -2.48. The van der Waals surface area contributed by atoms with Gasteiger partial charge in [-0.3, -0.25) is 4.79 Å². The minimum absolute atomic E-state index is 0.0369. The van der Waals surface area contributed by atoms with Gasteiger partial charge in [0, 0.05) is 16.5 Å². The molecule has 0 aromatic heterocycles. The maximum Gasteiger partial charge on any atom is 0.446 e. The Balaban J connectivity index is 1.72. The molecule has 0 bridgehead atoms. The van der Waals surface area contributed by atoms with Gasteiger partial charge in [-0.2, -0.15) is 13.2 Å². The lowest BCUT2D eigenvalue weighted by Crippen LogP contribution is -2.33. The van der Waals surface area contributed by atoms with Crippen molar-refractivity contribution >= 4 is 23.6 Å². The van der Waals surface area contributed by atoms with Crippen LogP contribution in [0.5, 0.6) is 0 Å². The number of thioether (sulfide) groups is 1. The molecule has 0 aliphatic heterocycles. The van der Waals surface area contributed by atoms with Gasteiger partial charge in [-0.15, -0.1) is 0 Å². The number of carbonyl (C=O) groups is 2. The first kappa shape index (κ1) is 19.3.